The minimum atomic E-state index is -0.464. The Labute approximate surface area is 164 Å². The van der Waals surface area contributed by atoms with Gasteiger partial charge in [0.1, 0.15) is 11.8 Å². The van der Waals surface area contributed by atoms with Gasteiger partial charge in [0, 0.05) is 32.1 Å². The van der Waals surface area contributed by atoms with E-state index in [2.05, 4.69) is 0 Å². The van der Waals surface area contributed by atoms with Gasteiger partial charge in [-0.15, -0.1) is 0 Å². The molecule has 6 nitrogen and oxygen atoms in total. The lowest BCUT2D eigenvalue weighted by atomic mass is 10.0. The fourth-order valence-corrected chi connectivity index (χ4v) is 4.39. The second kappa shape index (κ2) is 7.80. The minimum absolute atomic E-state index is 0.00659. The third kappa shape index (κ3) is 3.33. The summed E-state index contributed by atoms with van der Waals surface area (Å²) in [5, 5.41) is 12.2. The van der Waals surface area contributed by atoms with E-state index < -0.39 is 6.04 Å². The van der Waals surface area contributed by atoms with Crippen LogP contribution in [-0.2, 0) is 9.53 Å². The standard InChI is InChI=1S/C22H26N2O4/c1-28-16-7-4-12-23(14-16)22(27)19-9-5-13-24(19)21(26)18-11-10-15-6-2-3-8-17(15)20(18)25/h2-3,6,8,10-11,16,19,25H,4-5,7,9,12-14H2,1H3. The summed E-state index contributed by atoms with van der Waals surface area (Å²) in [5.41, 5.74) is 0.256. The quantitative estimate of drug-likeness (QED) is 0.886. The molecule has 2 amide bonds. The number of rotatable bonds is 3. The maximum Gasteiger partial charge on any atom is 0.258 e. The summed E-state index contributed by atoms with van der Waals surface area (Å²) in [6.45, 7) is 1.82. The molecule has 0 saturated carbocycles. The fourth-order valence-electron chi connectivity index (χ4n) is 4.39. The maximum absolute atomic E-state index is 13.2. The molecule has 2 aliphatic rings. The average Bonchev–Trinajstić information content (AvgIpc) is 3.23. The summed E-state index contributed by atoms with van der Waals surface area (Å²) in [4.78, 5) is 29.8. The maximum atomic E-state index is 13.2. The van der Waals surface area contributed by atoms with Crippen LogP contribution >= 0.6 is 0 Å². The number of methoxy groups -OCH3 is 1. The highest BCUT2D eigenvalue weighted by Crippen LogP contribution is 2.32. The van der Waals surface area contributed by atoms with Gasteiger partial charge in [0.2, 0.25) is 5.91 Å². The highest BCUT2D eigenvalue weighted by molar-refractivity contribution is 6.05. The van der Waals surface area contributed by atoms with E-state index >= 15 is 0 Å². The van der Waals surface area contributed by atoms with Crippen molar-refractivity contribution in [1.82, 2.24) is 9.80 Å². The van der Waals surface area contributed by atoms with Crippen molar-refractivity contribution in [3.05, 3.63) is 42.0 Å². The zero-order valence-corrected chi connectivity index (χ0v) is 16.1. The zero-order chi connectivity index (χ0) is 19.7. The van der Waals surface area contributed by atoms with E-state index in [0.29, 0.717) is 31.4 Å². The smallest absolute Gasteiger partial charge is 0.258 e. The Morgan fingerprint density at radius 1 is 1.07 bits per heavy atom. The van der Waals surface area contributed by atoms with Gasteiger partial charge in [0.05, 0.1) is 11.7 Å². The molecule has 148 valence electrons. The number of aromatic hydroxyl groups is 1. The van der Waals surface area contributed by atoms with Gasteiger partial charge < -0.3 is 19.6 Å². The summed E-state index contributed by atoms with van der Waals surface area (Å²) in [6.07, 6.45) is 3.38. The second-order valence-electron chi connectivity index (χ2n) is 7.62. The Morgan fingerprint density at radius 2 is 1.86 bits per heavy atom. The van der Waals surface area contributed by atoms with E-state index in [1.54, 1.807) is 24.1 Å². The molecule has 2 unspecified atom stereocenters. The monoisotopic (exact) mass is 382 g/mol. The van der Waals surface area contributed by atoms with Crippen LogP contribution in [0, 0.1) is 0 Å². The number of ether oxygens (including phenoxy) is 1. The molecule has 2 fully saturated rings. The molecule has 2 aromatic rings. The van der Waals surface area contributed by atoms with Gasteiger partial charge in [0.25, 0.3) is 5.91 Å². The number of hydrogen-bond acceptors (Lipinski definition) is 4. The summed E-state index contributed by atoms with van der Waals surface area (Å²) < 4.78 is 5.43. The number of fused-ring (bicyclic) bond motifs is 1. The van der Waals surface area contributed by atoms with Crippen LogP contribution in [0.5, 0.6) is 5.75 Å². The first-order chi connectivity index (χ1) is 13.6. The van der Waals surface area contributed by atoms with E-state index in [1.807, 2.05) is 29.2 Å². The molecule has 0 aliphatic carbocycles. The highest BCUT2D eigenvalue weighted by atomic mass is 16.5. The molecule has 0 aromatic heterocycles. The third-order valence-electron chi connectivity index (χ3n) is 5.95. The van der Waals surface area contributed by atoms with Crippen molar-refractivity contribution < 1.29 is 19.4 Å². The van der Waals surface area contributed by atoms with Crippen molar-refractivity contribution in [2.24, 2.45) is 0 Å². The van der Waals surface area contributed by atoms with E-state index in [1.165, 1.54) is 0 Å². The molecule has 28 heavy (non-hydrogen) atoms. The van der Waals surface area contributed by atoms with E-state index in [0.717, 1.165) is 24.6 Å². The largest absolute Gasteiger partial charge is 0.506 e. The predicted octanol–water partition coefficient (Wildman–Crippen LogP) is 2.79. The van der Waals surface area contributed by atoms with Crippen molar-refractivity contribution in [2.45, 2.75) is 37.8 Å². The molecule has 0 radical (unpaired) electrons. The lowest BCUT2D eigenvalue weighted by Gasteiger charge is -2.35. The van der Waals surface area contributed by atoms with Crippen LogP contribution in [-0.4, -0.2) is 65.6 Å². The van der Waals surface area contributed by atoms with Gasteiger partial charge >= 0.3 is 0 Å². The number of likely N-dealkylation sites (tertiary alicyclic amines) is 2. The van der Waals surface area contributed by atoms with Crippen molar-refractivity contribution in [2.75, 3.05) is 26.7 Å². The molecular weight excluding hydrogens is 356 g/mol. The zero-order valence-electron chi connectivity index (χ0n) is 16.1. The SMILES string of the molecule is COC1CCCN(C(=O)C2CCCN2C(=O)c2ccc3ccccc3c2O)C1. The third-order valence-corrected chi connectivity index (χ3v) is 5.95. The van der Waals surface area contributed by atoms with Gasteiger partial charge in [-0.05, 0) is 37.1 Å². The van der Waals surface area contributed by atoms with Gasteiger partial charge in [-0.25, -0.2) is 0 Å². The van der Waals surface area contributed by atoms with Crippen molar-refractivity contribution in [3.63, 3.8) is 0 Å². The topological polar surface area (TPSA) is 70.1 Å². The van der Waals surface area contributed by atoms with E-state index in [9.17, 15) is 14.7 Å². The fraction of sp³-hybridized carbons (Fsp3) is 0.455. The Morgan fingerprint density at radius 3 is 2.68 bits per heavy atom. The number of hydrogen-bond donors (Lipinski definition) is 1. The van der Waals surface area contributed by atoms with Crippen LogP contribution in [0.25, 0.3) is 10.8 Å². The molecular formula is C22H26N2O4. The second-order valence-corrected chi connectivity index (χ2v) is 7.62. The summed E-state index contributed by atoms with van der Waals surface area (Å²) in [6, 6.07) is 10.4. The van der Waals surface area contributed by atoms with Crippen LogP contribution in [0.15, 0.2) is 36.4 Å². The first-order valence-corrected chi connectivity index (χ1v) is 9.93. The molecule has 2 saturated heterocycles. The minimum Gasteiger partial charge on any atom is -0.506 e. The molecule has 0 bridgehead atoms. The first kappa shape index (κ1) is 18.7. The Hall–Kier alpha value is -2.60. The van der Waals surface area contributed by atoms with Crippen LogP contribution in [0.2, 0.25) is 0 Å². The Kier molecular flexibility index (Phi) is 5.22. The van der Waals surface area contributed by atoms with E-state index in [4.69, 9.17) is 4.74 Å². The normalized spacial score (nSPS) is 22.6. The molecule has 2 aromatic carbocycles. The van der Waals surface area contributed by atoms with Crippen molar-refractivity contribution in [3.8, 4) is 5.75 Å². The van der Waals surface area contributed by atoms with Gasteiger partial charge in [-0.1, -0.05) is 30.3 Å². The summed E-state index contributed by atoms with van der Waals surface area (Å²) in [7, 11) is 1.67. The summed E-state index contributed by atoms with van der Waals surface area (Å²) in [5.74, 6) is -0.300. The number of phenols is 1. The Balaban J connectivity index is 1.57. The van der Waals surface area contributed by atoms with Gasteiger partial charge in [0.15, 0.2) is 0 Å². The van der Waals surface area contributed by atoms with Crippen LogP contribution in [0.1, 0.15) is 36.0 Å². The number of piperidine rings is 1. The van der Waals surface area contributed by atoms with Crippen LogP contribution in [0.3, 0.4) is 0 Å². The highest BCUT2D eigenvalue weighted by Gasteiger charge is 2.38. The van der Waals surface area contributed by atoms with Crippen molar-refractivity contribution in [1.29, 1.82) is 0 Å². The van der Waals surface area contributed by atoms with Gasteiger partial charge in [-0.2, -0.15) is 0 Å². The van der Waals surface area contributed by atoms with Crippen LogP contribution < -0.4 is 0 Å². The number of nitrogens with zero attached hydrogens (tertiary/aromatic N) is 2. The van der Waals surface area contributed by atoms with E-state index in [-0.39, 0.29) is 29.2 Å². The number of phenolic OH excluding ortho intramolecular Hbond substituents is 1. The van der Waals surface area contributed by atoms with Crippen LogP contribution in [0.4, 0.5) is 0 Å². The molecule has 2 heterocycles. The summed E-state index contributed by atoms with van der Waals surface area (Å²) >= 11 is 0. The molecule has 4 rings (SSSR count). The van der Waals surface area contributed by atoms with Crippen molar-refractivity contribution >= 4 is 22.6 Å². The molecule has 0 spiro atoms. The molecule has 6 heteroatoms. The molecule has 1 N–H and O–H groups in total. The lowest BCUT2D eigenvalue weighted by Crippen LogP contribution is -2.51. The number of benzene rings is 2. The molecule has 2 aliphatic heterocycles. The average molecular weight is 382 g/mol. The number of carbonyl (C=O) groups excluding carboxylic acids is 2. The molecule has 2 atom stereocenters. The lowest BCUT2D eigenvalue weighted by molar-refractivity contribution is -0.138. The Bertz CT molecular complexity index is 897. The number of amides is 2. The first-order valence-electron chi connectivity index (χ1n) is 9.93. The predicted molar refractivity (Wildman–Crippen MR) is 106 cm³/mol. The van der Waals surface area contributed by atoms with Gasteiger partial charge in [-0.3, -0.25) is 9.59 Å². The number of carbonyl (C=O) groups is 2.